The molecule has 0 aromatic heterocycles. The molecule has 0 heterocycles. The third-order valence-corrected chi connectivity index (χ3v) is 10.8. The third-order valence-electron chi connectivity index (χ3n) is 10.8. The minimum absolute atomic E-state index is 0.340. The van der Waals surface area contributed by atoms with Gasteiger partial charge in [0.2, 0.25) is 0 Å². The Hall–Kier alpha value is -6.18. The Kier molecular flexibility index (Phi) is 6.22. The Labute approximate surface area is 287 Å². The van der Waals surface area contributed by atoms with Crippen molar-refractivity contribution in [2.24, 2.45) is 0 Å². The zero-order valence-electron chi connectivity index (χ0n) is 27.1. The van der Waals surface area contributed by atoms with Gasteiger partial charge in [0.05, 0.1) is 11.1 Å². The highest BCUT2D eigenvalue weighted by Gasteiger charge is 2.49. The molecule has 8 aromatic rings. The van der Waals surface area contributed by atoms with Crippen LogP contribution in [0, 0.1) is 0 Å². The standard InChI is InChI=1S/C48H33N/c1-3-17-36(18-4-1)49(37-19-5-2-6-20-37)47-30-28-38(39-21-9-10-23-41(39)47)33-27-29-46-42(32-33)40-22-11-14-26-45(40)48(46)43-24-12-7-15-34(43)31-35-16-8-13-25-44(35)48/h1-30,32H,31H2. The summed E-state index contributed by atoms with van der Waals surface area (Å²) in [6.45, 7) is 0. The average Bonchev–Trinajstić information content (AvgIpc) is 3.46. The largest absolute Gasteiger partial charge is 0.310 e. The van der Waals surface area contributed by atoms with Gasteiger partial charge in [0.1, 0.15) is 0 Å². The lowest BCUT2D eigenvalue weighted by atomic mass is 9.61. The molecule has 1 spiro atoms. The highest BCUT2D eigenvalue weighted by Crippen LogP contribution is 2.59. The van der Waals surface area contributed by atoms with E-state index in [0.29, 0.717) is 0 Å². The van der Waals surface area contributed by atoms with Crippen molar-refractivity contribution >= 4 is 27.8 Å². The molecule has 230 valence electrons. The molecule has 2 aliphatic carbocycles. The van der Waals surface area contributed by atoms with E-state index in [0.717, 1.165) is 23.5 Å². The first-order chi connectivity index (χ1) is 24.3. The second kappa shape index (κ2) is 10.9. The summed E-state index contributed by atoms with van der Waals surface area (Å²) < 4.78 is 0. The first-order valence-electron chi connectivity index (χ1n) is 17.2. The molecule has 0 saturated carbocycles. The van der Waals surface area contributed by atoms with Crippen molar-refractivity contribution in [2.45, 2.75) is 11.8 Å². The predicted octanol–water partition coefficient (Wildman–Crippen LogP) is 12.2. The van der Waals surface area contributed by atoms with Crippen molar-refractivity contribution in [2.75, 3.05) is 4.90 Å². The van der Waals surface area contributed by atoms with Crippen LogP contribution < -0.4 is 4.90 Å². The molecule has 1 heteroatoms. The number of hydrogen-bond donors (Lipinski definition) is 0. The van der Waals surface area contributed by atoms with Gasteiger partial charge in [0.15, 0.2) is 0 Å². The summed E-state index contributed by atoms with van der Waals surface area (Å²) in [4.78, 5) is 2.37. The van der Waals surface area contributed by atoms with Gasteiger partial charge in [-0.25, -0.2) is 0 Å². The van der Waals surface area contributed by atoms with Gasteiger partial charge in [-0.3, -0.25) is 0 Å². The van der Waals surface area contributed by atoms with Crippen LogP contribution in [0.4, 0.5) is 17.1 Å². The highest BCUT2D eigenvalue weighted by atomic mass is 15.1. The van der Waals surface area contributed by atoms with Gasteiger partial charge >= 0.3 is 0 Å². The summed E-state index contributed by atoms with van der Waals surface area (Å²) >= 11 is 0. The van der Waals surface area contributed by atoms with Gasteiger partial charge < -0.3 is 4.90 Å². The molecule has 0 amide bonds. The van der Waals surface area contributed by atoms with E-state index in [-0.39, 0.29) is 5.41 Å². The molecule has 0 fully saturated rings. The maximum Gasteiger partial charge on any atom is 0.0719 e. The Morgan fingerprint density at radius 3 is 1.57 bits per heavy atom. The zero-order valence-corrected chi connectivity index (χ0v) is 27.1. The second-order valence-corrected chi connectivity index (χ2v) is 13.2. The van der Waals surface area contributed by atoms with Crippen LogP contribution in [-0.4, -0.2) is 0 Å². The summed E-state index contributed by atoms with van der Waals surface area (Å²) in [7, 11) is 0. The highest BCUT2D eigenvalue weighted by molar-refractivity contribution is 6.06. The molecule has 0 bridgehead atoms. The van der Waals surface area contributed by atoms with Crippen LogP contribution in [0.25, 0.3) is 33.0 Å². The number of fused-ring (bicyclic) bond motifs is 10. The molecule has 0 unspecified atom stereocenters. The van der Waals surface area contributed by atoms with Crippen LogP contribution in [0.2, 0.25) is 0 Å². The lowest BCUT2D eigenvalue weighted by Gasteiger charge is -2.40. The van der Waals surface area contributed by atoms with E-state index < -0.39 is 0 Å². The van der Waals surface area contributed by atoms with Crippen molar-refractivity contribution in [3.8, 4) is 22.3 Å². The molecule has 1 nitrogen and oxygen atoms in total. The van der Waals surface area contributed by atoms with Crippen LogP contribution in [0.5, 0.6) is 0 Å². The number of rotatable bonds is 4. The lowest BCUT2D eigenvalue weighted by molar-refractivity contribution is 0.722. The van der Waals surface area contributed by atoms with Crippen molar-refractivity contribution in [1.82, 2.24) is 0 Å². The molecular weight excluding hydrogens is 591 g/mol. The van der Waals surface area contributed by atoms with E-state index in [4.69, 9.17) is 0 Å². The molecule has 49 heavy (non-hydrogen) atoms. The molecule has 0 atom stereocenters. The maximum atomic E-state index is 2.45. The summed E-state index contributed by atoms with van der Waals surface area (Å²) in [6.07, 6.45) is 0.963. The summed E-state index contributed by atoms with van der Waals surface area (Å²) in [6, 6.07) is 69.3. The Bertz CT molecular complexity index is 2440. The van der Waals surface area contributed by atoms with Crippen molar-refractivity contribution in [3.63, 3.8) is 0 Å². The molecule has 8 aromatic carbocycles. The Morgan fingerprint density at radius 1 is 0.367 bits per heavy atom. The van der Waals surface area contributed by atoms with E-state index in [9.17, 15) is 0 Å². The van der Waals surface area contributed by atoms with Crippen LogP contribution >= 0.6 is 0 Å². The second-order valence-electron chi connectivity index (χ2n) is 13.2. The molecule has 0 N–H and O–H groups in total. The fraction of sp³-hybridized carbons (Fsp3) is 0.0417. The molecule has 0 radical (unpaired) electrons. The Morgan fingerprint density at radius 2 is 0.898 bits per heavy atom. The smallest absolute Gasteiger partial charge is 0.0719 e. The van der Waals surface area contributed by atoms with Gasteiger partial charge in [0.25, 0.3) is 0 Å². The molecule has 10 rings (SSSR count). The maximum absolute atomic E-state index is 2.45. The third kappa shape index (κ3) is 4.06. The minimum atomic E-state index is -0.340. The minimum Gasteiger partial charge on any atom is -0.310 e. The van der Waals surface area contributed by atoms with Gasteiger partial charge in [-0.05, 0) is 104 Å². The number of para-hydroxylation sites is 2. The quantitative estimate of drug-likeness (QED) is 0.189. The van der Waals surface area contributed by atoms with Crippen molar-refractivity contribution < 1.29 is 0 Å². The van der Waals surface area contributed by atoms with Crippen LogP contribution in [0.15, 0.2) is 188 Å². The monoisotopic (exact) mass is 623 g/mol. The molecular formula is C48H33N. The number of hydrogen-bond acceptors (Lipinski definition) is 1. The summed E-state index contributed by atoms with van der Waals surface area (Å²) in [5.41, 5.74) is 16.6. The van der Waals surface area contributed by atoms with Crippen LogP contribution in [-0.2, 0) is 11.8 Å². The fourth-order valence-corrected chi connectivity index (χ4v) is 8.77. The average molecular weight is 624 g/mol. The van der Waals surface area contributed by atoms with Crippen LogP contribution in [0.1, 0.15) is 33.4 Å². The van der Waals surface area contributed by atoms with E-state index in [1.165, 1.54) is 66.4 Å². The first kappa shape index (κ1) is 27.9. The normalized spacial score (nSPS) is 13.4. The fourth-order valence-electron chi connectivity index (χ4n) is 8.77. The van der Waals surface area contributed by atoms with Gasteiger partial charge in [-0.2, -0.15) is 0 Å². The van der Waals surface area contributed by atoms with Crippen molar-refractivity contribution in [1.29, 1.82) is 0 Å². The number of anilines is 3. The molecule has 0 aliphatic heterocycles. The number of benzene rings is 8. The van der Waals surface area contributed by atoms with Crippen molar-refractivity contribution in [3.05, 3.63) is 221 Å². The van der Waals surface area contributed by atoms with Crippen LogP contribution in [0.3, 0.4) is 0 Å². The topological polar surface area (TPSA) is 3.24 Å². The van der Waals surface area contributed by atoms with E-state index in [1.807, 2.05) is 0 Å². The molecule has 0 saturated heterocycles. The predicted molar refractivity (Wildman–Crippen MR) is 204 cm³/mol. The first-order valence-corrected chi connectivity index (χ1v) is 17.2. The lowest BCUT2D eigenvalue weighted by Crippen LogP contribution is -2.34. The van der Waals surface area contributed by atoms with Gasteiger partial charge in [0, 0.05) is 16.8 Å². The van der Waals surface area contributed by atoms with E-state index in [1.54, 1.807) is 0 Å². The van der Waals surface area contributed by atoms with E-state index >= 15 is 0 Å². The summed E-state index contributed by atoms with van der Waals surface area (Å²) in [5, 5.41) is 2.46. The number of nitrogens with zero attached hydrogens (tertiary/aromatic N) is 1. The Balaban J connectivity index is 1.20. The SMILES string of the molecule is c1ccc(N(c2ccccc2)c2ccc(-c3ccc4c(c3)-c3ccccc3C43c4ccccc4Cc4ccccc43)c3ccccc23)cc1. The summed E-state index contributed by atoms with van der Waals surface area (Å²) in [5.74, 6) is 0. The van der Waals surface area contributed by atoms with Gasteiger partial charge in [-0.1, -0.05) is 152 Å². The zero-order chi connectivity index (χ0) is 32.4. The van der Waals surface area contributed by atoms with E-state index in [2.05, 4.69) is 193 Å². The van der Waals surface area contributed by atoms with Gasteiger partial charge in [-0.15, -0.1) is 0 Å². The molecule has 2 aliphatic rings.